The minimum Gasteiger partial charge on any atom is -0.387 e. The molecule has 2 fully saturated rings. The second kappa shape index (κ2) is 6.94. The van der Waals surface area contributed by atoms with Gasteiger partial charge in [-0.3, -0.25) is 9.78 Å². The smallest absolute Gasteiger partial charge is 0.387 e. The lowest BCUT2D eigenvalue weighted by Crippen LogP contribution is -2.35. The number of rotatable bonds is 5. The van der Waals surface area contributed by atoms with E-state index in [1.165, 1.54) is 0 Å². The number of hydrogen-bond acceptors (Lipinski definition) is 6. The van der Waals surface area contributed by atoms with Crippen molar-refractivity contribution in [3.8, 4) is 0 Å². The third-order valence-electron chi connectivity index (χ3n) is 5.58. The Balaban J connectivity index is 1.55. The molecule has 1 saturated carbocycles. The number of pyridine rings is 1. The molecule has 12 heteroatoms. The molecule has 1 saturated heterocycles. The van der Waals surface area contributed by atoms with Crippen LogP contribution in [0.4, 0.5) is 29.3 Å². The molecular weight excluding hydrogens is 437 g/mol. The minimum atomic E-state index is -5.52. The molecule has 2 atom stereocenters. The molecule has 2 unspecified atom stereocenters. The Kier molecular flexibility index (Phi) is 4.72. The second-order valence-corrected chi connectivity index (χ2v) is 9.31. The first-order valence-corrected chi connectivity index (χ1v) is 10.7. The number of nitrogens with one attached hydrogen (secondary N) is 2. The lowest BCUT2D eigenvalue weighted by molar-refractivity contribution is -0.119. The van der Waals surface area contributed by atoms with E-state index < -0.39 is 37.7 Å². The first kappa shape index (κ1) is 21.1. The fraction of sp³-hybridized carbons (Fsp3) is 0.316. The number of hydrogen-bond donors (Lipinski definition) is 2. The number of halogens is 3. The van der Waals surface area contributed by atoms with Crippen molar-refractivity contribution in [2.75, 3.05) is 17.3 Å². The first-order chi connectivity index (χ1) is 14.5. The van der Waals surface area contributed by atoms with Crippen LogP contribution in [0.2, 0.25) is 0 Å². The largest absolute Gasteiger partial charge is 0.501 e. The highest BCUT2D eigenvalue weighted by Gasteiger charge is 2.67. The third kappa shape index (κ3) is 3.30. The summed E-state index contributed by atoms with van der Waals surface area (Å²) in [5.41, 5.74) is -4.80. The normalized spacial score (nSPS) is 23.2. The highest BCUT2D eigenvalue weighted by molar-refractivity contribution is 7.92. The van der Waals surface area contributed by atoms with Gasteiger partial charge in [-0.25, -0.2) is 18.1 Å². The Morgan fingerprint density at radius 2 is 1.90 bits per heavy atom. The van der Waals surface area contributed by atoms with E-state index in [-0.39, 0.29) is 11.6 Å². The summed E-state index contributed by atoms with van der Waals surface area (Å²) in [6.45, 7) is 0. The van der Waals surface area contributed by atoms with Gasteiger partial charge in [-0.15, -0.1) is 0 Å². The number of imide groups is 1. The van der Waals surface area contributed by atoms with E-state index in [1.54, 1.807) is 19.4 Å². The molecule has 164 valence electrons. The summed E-state index contributed by atoms with van der Waals surface area (Å²) in [6.07, 6.45) is 4.22. The van der Waals surface area contributed by atoms with E-state index in [4.69, 9.17) is 0 Å². The Morgan fingerprint density at radius 3 is 2.52 bits per heavy atom. The molecule has 2 aliphatic rings. The molecule has 3 amide bonds. The lowest BCUT2D eigenvalue weighted by atomic mass is 10.0. The average Bonchev–Trinajstić information content (AvgIpc) is 3.33. The van der Waals surface area contributed by atoms with Crippen molar-refractivity contribution < 1.29 is 31.2 Å². The highest BCUT2D eigenvalue weighted by Crippen LogP contribution is 2.50. The molecule has 8 nitrogen and oxygen atoms in total. The fourth-order valence-electron chi connectivity index (χ4n) is 3.82. The summed E-state index contributed by atoms with van der Waals surface area (Å²) in [5.74, 6) is -0.678. The van der Waals surface area contributed by atoms with Crippen LogP contribution in [0.15, 0.2) is 47.6 Å². The summed E-state index contributed by atoms with van der Waals surface area (Å²) in [7, 11) is -3.77. The first-order valence-electron chi connectivity index (χ1n) is 9.20. The molecule has 1 spiro atoms. The SMILES string of the molecule is CNc1cnccc1CC1CC12NC(=O)N(c1ccc(S(=O)(=O)C(F)(F)F)cc1)C2=O. The molecular formula is C19H17F3N4O4S. The molecule has 2 N–H and O–H groups in total. The van der Waals surface area contributed by atoms with E-state index in [0.717, 1.165) is 40.4 Å². The predicted octanol–water partition coefficient (Wildman–Crippen LogP) is 2.47. The maximum Gasteiger partial charge on any atom is 0.501 e. The molecule has 2 heterocycles. The standard InChI is InChI=1S/C19H17F3N4O4S/c1-23-15-10-24-7-6-11(15)8-12-9-18(12)16(27)26(17(28)25-18)13-2-4-14(5-3-13)31(29,30)19(20,21)22/h2-7,10,12,23H,8-9H2,1H3,(H,25,28). The second-order valence-electron chi connectivity index (χ2n) is 7.37. The van der Waals surface area contributed by atoms with Gasteiger partial charge in [0.05, 0.1) is 22.5 Å². The number of anilines is 2. The Labute approximate surface area is 175 Å². The number of alkyl halides is 3. The summed E-state index contributed by atoms with van der Waals surface area (Å²) < 4.78 is 61.1. The molecule has 0 bridgehead atoms. The van der Waals surface area contributed by atoms with E-state index >= 15 is 0 Å². The van der Waals surface area contributed by atoms with Crippen LogP contribution in [0, 0.1) is 5.92 Å². The number of aromatic nitrogens is 1. The number of urea groups is 1. The van der Waals surface area contributed by atoms with Gasteiger partial charge in [0, 0.05) is 13.2 Å². The van der Waals surface area contributed by atoms with Gasteiger partial charge >= 0.3 is 11.5 Å². The third-order valence-corrected chi connectivity index (χ3v) is 7.08. The zero-order chi connectivity index (χ0) is 22.6. The zero-order valence-electron chi connectivity index (χ0n) is 16.1. The average molecular weight is 454 g/mol. The summed E-state index contributed by atoms with van der Waals surface area (Å²) >= 11 is 0. The molecule has 1 aromatic carbocycles. The molecule has 0 radical (unpaired) electrons. The summed E-state index contributed by atoms with van der Waals surface area (Å²) in [6, 6.07) is 4.58. The van der Waals surface area contributed by atoms with Gasteiger partial charge in [-0.2, -0.15) is 13.2 Å². The number of benzene rings is 1. The molecule has 31 heavy (non-hydrogen) atoms. The van der Waals surface area contributed by atoms with Gasteiger partial charge in [-0.05, 0) is 54.7 Å². The van der Waals surface area contributed by atoms with Crippen LogP contribution in [0.3, 0.4) is 0 Å². The van der Waals surface area contributed by atoms with Crippen LogP contribution in [-0.2, 0) is 21.1 Å². The van der Waals surface area contributed by atoms with Crippen LogP contribution in [0.1, 0.15) is 12.0 Å². The van der Waals surface area contributed by atoms with Crippen LogP contribution >= 0.6 is 0 Å². The van der Waals surface area contributed by atoms with Crippen molar-refractivity contribution in [3.05, 3.63) is 48.3 Å². The fourth-order valence-corrected chi connectivity index (χ4v) is 4.58. The van der Waals surface area contributed by atoms with Crippen LogP contribution in [0.5, 0.6) is 0 Å². The maximum absolute atomic E-state index is 13.0. The van der Waals surface area contributed by atoms with Gasteiger partial charge < -0.3 is 10.6 Å². The van der Waals surface area contributed by atoms with Crippen molar-refractivity contribution in [1.82, 2.24) is 10.3 Å². The summed E-state index contributed by atoms with van der Waals surface area (Å²) in [5, 5.41) is 5.70. The van der Waals surface area contributed by atoms with Crippen molar-refractivity contribution in [3.63, 3.8) is 0 Å². The van der Waals surface area contributed by atoms with Gasteiger partial charge in [-0.1, -0.05) is 0 Å². The maximum atomic E-state index is 13.0. The highest BCUT2D eigenvalue weighted by atomic mass is 32.2. The van der Waals surface area contributed by atoms with Crippen LogP contribution < -0.4 is 15.5 Å². The van der Waals surface area contributed by atoms with E-state index in [0.29, 0.717) is 12.8 Å². The van der Waals surface area contributed by atoms with E-state index in [9.17, 15) is 31.2 Å². The van der Waals surface area contributed by atoms with Crippen molar-refractivity contribution in [1.29, 1.82) is 0 Å². The number of amides is 3. The summed E-state index contributed by atoms with van der Waals surface area (Å²) in [4.78, 5) is 29.4. The van der Waals surface area contributed by atoms with Crippen LogP contribution in [0.25, 0.3) is 0 Å². The van der Waals surface area contributed by atoms with Gasteiger partial charge in [0.15, 0.2) is 0 Å². The Morgan fingerprint density at radius 1 is 1.23 bits per heavy atom. The quantitative estimate of drug-likeness (QED) is 0.672. The number of carbonyl (C=O) groups excluding carboxylic acids is 2. The topological polar surface area (TPSA) is 108 Å². The van der Waals surface area contributed by atoms with Crippen molar-refractivity contribution >= 4 is 33.2 Å². The predicted molar refractivity (Wildman–Crippen MR) is 104 cm³/mol. The molecule has 1 aliphatic carbocycles. The van der Waals surface area contributed by atoms with Crippen molar-refractivity contribution in [2.45, 2.75) is 28.8 Å². The van der Waals surface area contributed by atoms with Crippen LogP contribution in [-0.4, -0.2) is 43.4 Å². The van der Waals surface area contributed by atoms with Gasteiger partial charge in [0.2, 0.25) is 0 Å². The molecule has 4 rings (SSSR count). The number of nitrogens with zero attached hydrogens (tertiary/aromatic N) is 2. The lowest BCUT2D eigenvalue weighted by Gasteiger charge is -2.14. The number of sulfone groups is 1. The van der Waals surface area contributed by atoms with E-state index in [2.05, 4.69) is 15.6 Å². The molecule has 1 aliphatic heterocycles. The van der Waals surface area contributed by atoms with E-state index in [1.807, 2.05) is 6.07 Å². The van der Waals surface area contributed by atoms with Gasteiger partial charge in [0.25, 0.3) is 15.7 Å². The van der Waals surface area contributed by atoms with Crippen molar-refractivity contribution in [2.24, 2.45) is 5.92 Å². The monoisotopic (exact) mass is 454 g/mol. The van der Waals surface area contributed by atoms with Gasteiger partial charge in [0.1, 0.15) is 5.54 Å². The zero-order valence-corrected chi connectivity index (χ0v) is 16.9. The Bertz CT molecular complexity index is 1170. The molecule has 1 aromatic heterocycles. The minimum absolute atomic E-state index is 0.00836. The number of carbonyl (C=O) groups is 2. The molecule has 2 aromatic rings. The Hall–Kier alpha value is -3.15.